The number of quaternary nitrogens is 1. The minimum Gasteiger partial charge on any atom is -0.462 e. The van der Waals surface area contributed by atoms with E-state index in [0.29, 0.717) is 23.9 Å². The van der Waals surface area contributed by atoms with Crippen LogP contribution < -0.4 is 0 Å². The Hall–Kier alpha value is -2.55. The first kappa shape index (κ1) is 87.5. The van der Waals surface area contributed by atoms with Crippen LogP contribution in [0.1, 0.15) is 373 Å². The summed E-state index contributed by atoms with van der Waals surface area (Å²) in [6, 6.07) is 0. The maximum Gasteiger partial charge on any atom is 0.472 e. The average Bonchev–Trinajstić information content (AvgIpc) is 3.61. The van der Waals surface area contributed by atoms with Crippen molar-refractivity contribution in [2.45, 2.75) is 380 Å². The molecule has 0 aliphatic carbocycles. The summed E-state index contributed by atoms with van der Waals surface area (Å²) in [6.45, 7) is 4.37. The average molecular weight is 1280 g/mol. The Morgan fingerprint density at radius 1 is 0.356 bits per heavy atom. The Kier molecular flexibility index (Phi) is 68.8. The predicted octanol–water partition coefficient (Wildman–Crippen LogP) is 25.5. The number of hydrogen-bond acceptors (Lipinski definition) is 7. The van der Waals surface area contributed by atoms with Crippen LogP contribution in [0.25, 0.3) is 0 Å². The van der Waals surface area contributed by atoms with E-state index < -0.39 is 26.5 Å². The molecule has 0 aliphatic heterocycles. The molecule has 0 fully saturated rings. The first-order valence-electron chi connectivity index (χ1n) is 38.7. The number of rotatable bonds is 72. The standard InChI is InChI=1S/C80H148NO8P/c1-6-8-10-12-14-16-18-20-22-24-26-28-30-32-34-35-36-37-38-39-40-41-42-43-44-45-47-48-50-52-54-56-58-60-62-64-66-68-70-72-79(82)86-76-78(77-88-90(84,85)87-75-74-81(3,4)5)89-80(83)73-71-69-67-65-63-61-59-57-55-53-51-49-46-33-31-29-27-25-23-21-19-17-15-13-11-9-7-2/h9,11,15,17,21,23-24,26-27,29,33,46,78H,6-8,10,12-14,16,18-20,22,25,28,30-32,34-45,47-77H2,1-5H3/p+1/b11-9-,17-15-,23-21-,26-24-,29-27-,46-33-. The van der Waals surface area contributed by atoms with E-state index in [9.17, 15) is 19.0 Å². The van der Waals surface area contributed by atoms with Gasteiger partial charge in [0.1, 0.15) is 19.8 Å². The van der Waals surface area contributed by atoms with Gasteiger partial charge in [-0.25, -0.2) is 4.57 Å². The van der Waals surface area contributed by atoms with Crippen LogP contribution in [0.15, 0.2) is 72.9 Å². The molecule has 0 amide bonds. The van der Waals surface area contributed by atoms with Gasteiger partial charge >= 0.3 is 19.8 Å². The molecule has 0 radical (unpaired) electrons. The molecule has 10 heteroatoms. The third-order valence-electron chi connectivity index (χ3n) is 17.2. The summed E-state index contributed by atoms with van der Waals surface area (Å²) >= 11 is 0. The Morgan fingerprint density at radius 3 is 0.956 bits per heavy atom. The molecule has 526 valence electrons. The number of carbonyl (C=O) groups is 2. The normalized spacial score (nSPS) is 13.4. The molecule has 0 saturated carbocycles. The number of esters is 2. The Morgan fingerprint density at radius 2 is 0.633 bits per heavy atom. The Balaban J connectivity index is 3.92. The first-order chi connectivity index (χ1) is 44.0. The van der Waals surface area contributed by atoms with Crippen molar-refractivity contribution in [3.63, 3.8) is 0 Å². The van der Waals surface area contributed by atoms with Gasteiger partial charge in [-0.05, 0) is 83.5 Å². The maximum atomic E-state index is 12.9. The van der Waals surface area contributed by atoms with E-state index in [2.05, 4.69) is 86.8 Å². The fourth-order valence-electron chi connectivity index (χ4n) is 11.3. The van der Waals surface area contributed by atoms with Gasteiger partial charge in [0.05, 0.1) is 27.7 Å². The van der Waals surface area contributed by atoms with Gasteiger partial charge in [-0.3, -0.25) is 18.6 Å². The molecule has 0 aromatic heterocycles. The van der Waals surface area contributed by atoms with Gasteiger partial charge in [-0.1, -0.05) is 350 Å². The van der Waals surface area contributed by atoms with Gasteiger partial charge in [0.15, 0.2) is 6.10 Å². The highest BCUT2D eigenvalue weighted by Crippen LogP contribution is 2.43. The van der Waals surface area contributed by atoms with Crippen LogP contribution in [0, 0.1) is 0 Å². The maximum absolute atomic E-state index is 12.9. The summed E-state index contributed by atoms with van der Waals surface area (Å²) in [5.74, 6) is -0.786. The minimum atomic E-state index is -4.40. The molecule has 2 atom stereocenters. The molecule has 2 unspecified atom stereocenters. The van der Waals surface area contributed by atoms with Gasteiger partial charge in [0, 0.05) is 12.8 Å². The number of allylic oxidation sites excluding steroid dienone is 12. The zero-order chi connectivity index (χ0) is 65.5. The van der Waals surface area contributed by atoms with E-state index in [4.69, 9.17) is 18.5 Å². The van der Waals surface area contributed by atoms with Crippen LogP contribution in [0.3, 0.4) is 0 Å². The van der Waals surface area contributed by atoms with Crippen LogP contribution in [-0.4, -0.2) is 74.9 Å². The molecule has 0 spiro atoms. The van der Waals surface area contributed by atoms with Crippen molar-refractivity contribution in [3.05, 3.63) is 72.9 Å². The number of likely N-dealkylation sites (N-methyl/N-ethyl adjacent to an activating group) is 1. The Bertz CT molecular complexity index is 1750. The fraction of sp³-hybridized carbons (Fsp3) is 0.825. The largest absolute Gasteiger partial charge is 0.472 e. The molecule has 0 aromatic carbocycles. The van der Waals surface area contributed by atoms with Crippen molar-refractivity contribution in [1.29, 1.82) is 0 Å². The molecule has 0 aliphatic rings. The highest BCUT2D eigenvalue weighted by atomic mass is 31.2. The summed E-state index contributed by atoms with van der Waals surface area (Å²) in [4.78, 5) is 35.9. The number of ether oxygens (including phenoxy) is 2. The Labute approximate surface area is 559 Å². The van der Waals surface area contributed by atoms with Crippen LogP contribution in [0.5, 0.6) is 0 Å². The fourth-order valence-corrected chi connectivity index (χ4v) is 12.1. The molecule has 0 bridgehead atoms. The van der Waals surface area contributed by atoms with Crippen molar-refractivity contribution >= 4 is 19.8 Å². The third-order valence-corrected chi connectivity index (χ3v) is 18.2. The predicted molar refractivity (Wildman–Crippen MR) is 390 cm³/mol. The zero-order valence-corrected chi connectivity index (χ0v) is 61.0. The summed E-state index contributed by atoms with van der Waals surface area (Å²) < 4.78 is 34.8. The number of hydrogen-bond donors (Lipinski definition) is 1. The number of unbranched alkanes of at least 4 members (excludes halogenated alkanes) is 46. The van der Waals surface area contributed by atoms with Crippen LogP contribution in [0.2, 0.25) is 0 Å². The van der Waals surface area contributed by atoms with Gasteiger partial charge < -0.3 is 18.9 Å². The molecular weight excluding hydrogens is 1130 g/mol. The van der Waals surface area contributed by atoms with Gasteiger partial charge in [0.25, 0.3) is 0 Å². The van der Waals surface area contributed by atoms with E-state index in [1.54, 1.807) is 0 Å². The van der Waals surface area contributed by atoms with Crippen LogP contribution in [0.4, 0.5) is 0 Å². The van der Waals surface area contributed by atoms with Crippen LogP contribution in [-0.2, 0) is 32.7 Å². The summed E-state index contributed by atoms with van der Waals surface area (Å²) in [7, 11) is 1.49. The molecular formula is C80H149NO8P+. The quantitative estimate of drug-likeness (QED) is 0.0211. The smallest absolute Gasteiger partial charge is 0.462 e. The highest BCUT2D eigenvalue weighted by Gasteiger charge is 2.27. The number of phosphoric ester groups is 1. The van der Waals surface area contributed by atoms with Gasteiger partial charge in [0.2, 0.25) is 0 Å². The number of carbonyl (C=O) groups excluding carboxylic acids is 2. The lowest BCUT2D eigenvalue weighted by molar-refractivity contribution is -0.870. The SMILES string of the molecule is CC/C=C\C/C=C\C/C=C\C/C=C\C/C=C\CCCCCCCCCCCCCC(=O)OC(COC(=O)CCCCCCCCCCCCCCCCCCCCCCCCCCCCC/C=C\CCCCCCCCCC)COP(=O)(O)OCC[N+](C)(C)C. The van der Waals surface area contributed by atoms with Crippen molar-refractivity contribution in [1.82, 2.24) is 0 Å². The topological polar surface area (TPSA) is 108 Å². The molecule has 0 rings (SSSR count). The van der Waals surface area contributed by atoms with Gasteiger partial charge in [-0.15, -0.1) is 0 Å². The lowest BCUT2D eigenvalue weighted by atomic mass is 10.0. The minimum absolute atomic E-state index is 0.0306. The van der Waals surface area contributed by atoms with Crippen LogP contribution >= 0.6 is 7.82 Å². The highest BCUT2D eigenvalue weighted by molar-refractivity contribution is 7.47. The molecule has 0 heterocycles. The second kappa shape index (κ2) is 70.8. The molecule has 1 N–H and O–H groups in total. The van der Waals surface area contributed by atoms with E-state index in [0.717, 1.165) is 70.6 Å². The first-order valence-corrected chi connectivity index (χ1v) is 40.2. The van der Waals surface area contributed by atoms with Crippen molar-refractivity contribution in [3.8, 4) is 0 Å². The number of nitrogens with zero attached hydrogens (tertiary/aromatic N) is 1. The molecule has 9 nitrogen and oxygen atoms in total. The van der Waals surface area contributed by atoms with E-state index in [-0.39, 0.29) is 25.6 Å². The van der Waals surface area contributed by atoms with E-state index in [1.165, 1.54) is 270 Å². The summed E-state index contributed by atoms with van der Waals surface area (Å²) in [5, 5.41) is 0. The lowest BCUT2D eigenvalue weighted by Crippen LogP contribution is -2.37. The molecule has 90 heavy (non-hydrogen) atoms. The third kappa shape index (κ3) is 74.5. The number of phosphoric acid groups is 1. The summed E-state index contributed by atoms with van der Waals surface area (Å²) in [5.41, 5.74) is 0. The molecule has 0 saturated heterocycles. The van der Waals surface area contributed by atoms with E-state index in [1.807, 2.05) is 21.1 Å². The second-order valence-electron chi connectivity index (χ2n) is 27.4. The van der Waals surface area contributed by atoms with Gasteiger partial charge in [-0.2, -0.15) is 0 Å². The van der Waals surface area contributed by atoms with E-state index >= 15 is 0 Å². The molecule has 0 aromatic rings. The monoisotopic (exact) mass is 1280 g/mol. The summed E-state index contributed by atoms with van der Waals surface area (Å²) in [6.07, 6.45) is 96.2. The zero-order valence-electron chi connectivity index (χ0n) is 60.1. The van der Waals surface area contributed by atoms with Crippen molar-refractivity contribution in [2.75, 3.05) is 47.5 Å². The van der Waals surface area contributed by atoms with Crippen molar-refractivity contribution < 1.29 is 42.1 Å². The lowest BCUT2D eigenvalue weighted by Gasteiger charge is -2.24. The second-order valence-corrected chi connectivity index (χ2v) is 28.8. The van der Waals surface area contributed by atoms with Crippen molar-refractivity contribution in [2.24, 2.45) is 0 Å².